The summed E-state index contributed by atoms with van der Waals surface area (Å²) in [5, 5.41) is 21.0. The third-order valence-corrected chi connectivity index (χ3v) is 6.64. The molecule has 1 fully saturated rings. The fraction of sp³-hybridized carbons (Fsp3) is 0.647. The zero-order valence-electron chi connectivity index (χ0n) is 16.3. The monoisotopic (exact) mass is 427 g/mol. The highest BCUT2D eigenvalue weighted by Crippen LogP contribution is 2.32. The largest absolute Gasteiger partial charge is 0.465 e. The highest BCUT2D eigenvalue weighted by molar-refractivity contribution is 7.96. The number of aromatic nitrogens is 4. The summed E-state index contributed by atoms with van der Waals surface area (Å²) in [5.41, 5.74) is 12.5. The number of hydrogen-bond donors (Lipinski definition) is 4. The molecule has 0 aliphatic carbocycles. The van der Waals surface area contributed by atoms with Crippen LogP contribution in [0.1, 0.15) is 19.6 Å². The fourth-order valence-corrected chi connectivity index (χ4v) is 4.87. The Bertz CT molecular complexity index is 851. The number of aliphatic hydroxyl groups excluding tert-OH is 2. The number of aliphatic hydroxyl groups is 2. The Hall–Kier alpha value is -1.99. The maximum atomic E-state index is 11.6. The molecule has 1 aliphatic heterocycles. The normalized spacial score (nSPS) is 26.5. The van der Waals surface area contributed by atoms with E-state index in [9.17, 15) is 15.0 Å². The summed E-state index contributed by atoms with van der Waals surface area (Å²) in [6.07, 6.45) is 1.64. The van der Waals surface area contributed by atoms with Gasteiger partial charge in [-0.05, 0) is 17.8 Å². The van der Waals surface area contributed by atoms with Crippen molar-refractivity contribution in [1.82, 2.24) is 19.5 Å². The first-order chi connectivity index (χ1) is 13.8. The first-order valence-electron chi connectivity index (χ1n) is 9.29. The van der Waals surface area contributed by atoms with Crippen molar-refractivity contribution in [1.29, 1.82) is 0 Å². The second-order valence-corrected chi connectivity index (χ2v) is 9.23. The van der Waals surface area contributed by atoms with E-state index in [2.05, 4.69) is 15.0 Å². The van der Waals surface area contributed by atoms with Crippen LogP contribution in [0.15, 0.2) is 12.7 Å². The molecule has 11 nitrogen and oxygen atoms in total. The van der Waals surface area contributed by atoms with Crippen LogP contribution in [0.25, 0.3) is 11.2 Å². The van der Waals surface area contributed by atoms with Crippen LogP contribution in [0.5, 0.6) is 0 Å². The van der Waals surface area contributed by atoms with Crippen molar-refractivity contribution in [2.24, 2.45) is 5.73 Å². The first kappa shape index (κ1) is 21.7. The zero-order valence-corrected chi connectivity index (χ0v) is 17.2. The predicted octanol–water partition coefficient (Wildman–Crippen LogP) is -1.44. The van der Waals surface area contributed by atoms with E-state index in [4.69, 9.17) is 20.9 Å². The Labute approximate surface area is 170 Å². The van der Waals surface area contributed by atoms with Gasteiger partial charge >= 0.3 is 5.97 Å². The van der Waals surface area contributed by atoms with Gasteiger partial charge in [-0.25, -0.2) is 15.0 Å². The van der Waals surface area contributed by atoms with Crippen LogP contribution < -0.4 is 11.5 Å². The van der Waals surface area contributed by atoms with E-state index < -0.39 is 36.6 Å². The number of esters is 1. The molecule has 2 aromatic rings. The van der Waals surface area contributed by atoms with E-state index >= 15 is 0 Å². The van der Waals surface area contributed by atoms with Gasteiger partial charge in [0.05, 0.1) is 19.2 Å². The lowest BCUT2D eigenvalue weighted by atomic mass is 10.1. The Balaban J connectivity index is 1.62. The second-order valence-electron chi connectivity index (χ2n) is 6.93. The minimum atomic E-state index is -1.15. The van der Waals surface area contributed by atoms with E-state index in [1.165, 1.54) is 12.7 Å². The van der Waals surface area contributed by atoms with E-state index in [-0.39, 0.29) is 16.7 Å². The lowest BCUT2D eigenvalue weighted by Crippen LogP contribution is -2.38. The Morgan fingerprint density at radius 3 is 2.86 bits per heavy atom. The molecule has 1 saturated heterocycles. The van der Waals surface area contributed by atoms with Gasteiger partial charge < -0.3 is 31.2 Å². The number of fused-ring (bicyclic) bond motifs is 1. The maximum absolute atomic E-state index is 11.6. The Kier molecular flexibility index (Phi) is 6.90. The minimum absolute atomic E-state index is 0.183. The van der Waals surface area contributed by atoms with Crippen molar-refractivity contribution in [3.05, 3.63) is 12.7 Å². The number of ether oxygens (including phenoxy) is 2. The highest BCUT2D eigenvalue weighted by Gasteiger charge is 2.46. The van der Waals surface area contributed by atoms with Crippen LogP contribution in [-0.4, -0.2) is 84.4 Å². The van der Waals surface area contributed by atoms with Crippen LogP contribution in [0.4, 0.5) is 5.82 Å². The van der Waals surface area contributed by atoms with E-state index in [0.29, 0.717) is 35.7 Å². The second kappa shape index (κ2) is 9.22. The number of imidazole rings is 1. The van der Waals surface area contributed by atoms with Crippen molar-refractivity contribution in [2.75, 3.05) is 30.1 Å². The van der Waals surface area contributed by atoms with Gasteiger partial charge in [0, 0.05) is 6.42 Å². The van der Waals surface area contributed by atoms with Crippen molar-refractivity contribution in [3.8, 4) is 0 Å². The number of nitrogen functional groups attached to an aromatic ring is 1. The number of nitrogens with two attached hydrogens (primary N) is 2. The van der Waals surface area contributed by atoms with E-state index in [1.54, 1.807) is 11.5 Å². The van der Waals surface area contributed by atoms with Gasteiger partial charge in [0.2, 0.25) is 0 Å². The molecule has 160 valence electrons. The number of nitrogens with zero attached hydrogens (tertiary/aromatic N) is 4. The van der Waals surface area contributed by atoms with Gasteiger partial charge in [-0.15, -0.1) is 0 Å². The molecule has 29 heavy (non-hydrogen) atoms. The standard InChI is InChI=1S/C17H27N6O5S/c1-3-27-17(26)9(18)4-5-29(2)6-10-12(24)13(25)16(28-10)23-8-22-11-14(19)20-7-21-15(11)23/h7-10,12-13,16,24-25H,3-6,18H2,1-2H3,(H2,19,20,21)/q+1/t9-,10+,12+,13+,16+,29?/m0/s1. The first-order valence-corrected chi connectivity index (χ1v) is 11.3. The van der Waals surface area contributed by atoms with E-state index in [1.807, 2.05) is 6.26 Å². The van der Waals surface area contributed by atoms with Gasteiger partial charge in [0.1, 0.15) is 47.7 Å². The molecular formula is C17H27N6O5S+. The van der Waals surface area contributed by atoms with Crippen molar-refractivity contribution in [2.45, 2.75) is 43.9 Å². The molecule has 1 aliphatic rings. The molecule has 6 N–H and O–H groups in total. The summed E-state index contributed by atoms with van der Waals surface area (Å²) < 4.78 is 12.4. The summed E-state index contributed by atoms with van der Waals surface area (Å²) >= 11 is 0. The van der Waals surface area contributed by atoms with Crippen LogP contribution in [0.2, 0.25) is 0 Å². The fourth-order valence-electron chi connectivity index (χ4n) is 3.21. The van der Waals surface area contributed by atoms with Crippen molar-refractivity contribution >= 4 is 33.8 Å². The lowest BCUT2D eigenvalue weighted by Gasteiger charge is -2.16. The Morgan fingerprint density at radius 2 is 2.14 bits per heavy atom. The number of rotatable bonds is 8. The van der Waals surface area contributed by atoms with Gasteiger partial charge in [0.25, 0.3) is 0 Å². The van der Waals surface area contributed by atoms with Gasteiger partial charge in [-0.1, -0.05) is 0 Å². The van der Waals surface area contributed by atoms with Gasteiger partial charge in [-0.2, -0.15) is 0 Å². The molecule has 6 atom stereocenters. The SMILES string of the molecule is CCOC(=O)[C@@H](N)CC[S+](C)C[C@H]1O[C@@H](n2cnc3c(N)ncnc32)[C@H](O)[C@@H]1O. The molecule has 0 bridgehead atoms. The molecule has 0 radical (unpaired) electrons. The summed E-state index contributed by atoms with van der Waals surface area (Å²) in [6.45, 7) is 2.03. The Morgan fingerprint density at radius 1 is 1.38 bits per heavy atom. The molecular weight excluding hydrogens is 400 g/mol. The minimum Gasteiger partial charge on any atom is -0.465 e. The number of carbonyl (C=O) groups excluding carboxylic acids is 1. The zero-order chi connectivity index (χ0) is 21.1. The molecule has 3 rings (SSSR count). The van der Waals surface area contributed by atoms with Crippen LogP contribution in [0, 0.1) is 0 Å². The van der Waals surface area contributed by atoms with Crippen LogP contribution >= 0.6 is 0 Å². The maximum Gasteiger partial charge on any atom is 0.323 e. The predicted molar refractivity (Wildman–Crippen MR) is 108 cm³/mol. The average Bonchev–Trinajstić information content (AvgIpc) is 3.24. The summed E-state index contributed by atoms with van der Waals surface area (Å²) in [5.74, 6) is 1.02. The van der Waals surface area contributed by atoms with Gasteiger partial charge in [-0.3, -0.25) is 9.36 Å². The van der Waals surface area contributed by atoms with Gasteiger partial charge in [0.15, 0.2) is 17.7 Å². The number of carbonyl (C=O) groups is 1. The summed E-state index contributed by atoms with van der Waals surface area (Å²) in [7, 11) is -0.183. The molecule has 0 spiro atoms. The lowest BCUT2D eigenvalue weighted by molar-refractivity contribution is -0.144. The molecule has 2 aromatic heterocycles. The van der Waals surface area contributed by atoms with Crippen molar-refractivity contribution < 1.29 is 24.5 Å². The number of hydrogen-bond acceptors (Lipinski definition) is 10. The van der Waals surface area contributed by atoms with Crippen molar-refractivity contribution in [3.63, 3.8) is 0 Å². The number of anilines is 1. The quantitative estimate of drug-likeness (QED) is 0.289. The third kappa shape index (κ3) is 4.61. The summed E-state index contributed by atoms with van der Waals surface area (Å²) in [4.78, 5) is 23.8. The third-order valence-electron chi connectivity index (χ3n) is 4.81. The smallest absolute Gasteiger partial charge is 0.323 e. The molecule has 0 aromatic carbocycles. The van der Waals surface area contributed by atoms with Crippen LogP contribution in [0.3, 0.4) is 0 Å². The molecule has 12 heteroatoms. The highest BCUT2D eigenvalue weighted by atomic mass is 32.2. The topological polar surface area (TPSA) is 172 Å². The molecule has 0 saturated carbocycles. The molecule has 0 amide bonds. The van der Waals surface area contributed by atoms with Crippen LogP contribution in [-0.2, 0) is 25.2 Å². The summed E-state index contributed by atoms with van der Waals surface area (Å²) in [6, 6.07) is -0.667. The van der Waals surface area contributed by atoms with E-state index in [0.717, 1.165) is 0 Å². The molecule has 3 heterocycles. The average molecular weight is 428 g/mol. The molecule has 1 unspecified atom stereocenters.